The summed E-state index contributed by atoms with van der Waals surface area (Å²) in [5, 5.41) is 3.10. The molecule has 0 aliphatic heterocycles. The lowest BCUT2D eigenvalue weighted by molar-refractivity contribution is 0.315. The highest BCUT2D eigenvalue weighted by atomic mass is 32.2. The first-order valence-electron chi connectivity index (χ1n) is 6.38. The van der Waals surface area contributed by atoms with Crippen LogP contribution in [0.4, 0.5) is 0 Å². The Morgan fingerprint density at radius 3 is 2.37 bits per heavy atom. The van der Waals surface area contributed by atoms with Crippen molar-refractivity contribution in [3.63, 3.8) is 0 Å². The van der Waals surface area contributed by atoms with Crippen molar-refractivity contribution in [1.29, 1.82) is 0 Å². The number of nitrogens with zero attached hydrogens (tertiary/aromatic N) is 2. The highest BCUT2D eigenvalue weighted by Crippen LogP contribution is 2.18. The first-order valence-corrected chi connectivity index (χ1v) is 7.82. The number of hydrogen-bond acceptors (Lipinski definition) is 4. The molecule has 1 heterocycles. The van der Waals surface area contributed by atoms with Crippen molar-refractivity contribution in [1.82, 2.24) is 14.6 Å². The molecule has 0 bridgehead atoms. The molecule has 0 spiro atoms. The van der Waals surface area contributed by atoms with Crippen molar-refractivity contribution in [2.24, 2.45) is 5.92 Å². The summed E-state index contributed by atoms with van der Waals surface area (Å²) in [6, 6.07) is 3.28. The maximum Gasteiger partial charge on any atom is 0.260 e. The van der Waals surface area contributed by atoms with Gasteiger partial charge in [-0.05, 0) is 31.5 Å². The number of rotatable bonds is 6. The van der Waals surface area contributed by atoms with E-state index in [0.717, 1.165) is 5.56 Å². The van der Waals surface area contributed by atoms with Gasteiger partial charge in [-0.2, -0.15) is 4.31 Å². The molecule has 108 valence electrons. The predicted octanol–water partition coefficient (Wildman–Crippen LogP) is 1.47. The molecule has 0 aliphatic rings. The Kier molecular flexibility index (Phi) is 5.46. The molecule has 0 aliphatic carbocycles. The van der Waals surface area contributed by atoms with Gasteiger partial charge in [0.1, 0.15) is 0 Å². The topological polar surface area (TPSA) is 62.3 Å². The highest BCUT2D eigenvalue weighted by Gasteiger charge is 2.27. The van der Waals surface area contributed by atoms with Gasteiger partial charge in [0, 0.05) is 25.8 Å². The number of hydrogen-bond donors (Lipinski definition) is 1. The number of aromatic nitrogens is 1. The Balaban J connectivity index is 3.00. The van der Waals surface area contributed by atoms with Gasteiger partial charge in [0.2, 0.25) is 0 Å². The van der Waals surface area contributed by atoms with Crippen molar-refractivity contribution < 1.29 is 8.42 Å². The number of nitrogens with one attached hydrogen (secondary N) is 1. The first kappa shape index (κ1) is 16.1. The normalized spacial score (nSPS) is 14.1. The first-order chi connectivity index (χ1) is 8.80. The van der Waals surface area contributed by atoms with E-state index in [0.29, 0.717) is 6.54 Å². The number of sulfonamides is 1. The van der Waals surface area contributed by atoms with Crippen LogP contribution >= 0.6 is 0 Å². The summed E-state index contributed by atoms with van der Waals surface area (Å²) < 4.78 is 26.2. The van der Waals surface area contributed by atoms with E-state index in [1.54, 1.807) is 25.4 Å². The third-order valence-corrected chi connectivity index (χ3v) is 5.22. The summed E-state index contributed by atoms with van der Waals surface area (Å²) in [6.45, 7) is 6.57. The minimum Gasteiger partial charge on any atom is -0.316 e. The second-order valence-electron chi connectivity index (χ2n) is 5.04. The molecule has 19 heavy (non-hydrogen) atoms. The maximum atomic E-state index is 12.4. The summed E-state index contributed by atoms with van der Waals surface area (Å²) in [7, 11) is -0.0767. The third-order valence-electron chi connectivity index (χ3n) is 3.36. The van der Waals surface area contributed by atoms with Crippen molar-refractivity contribution in [3.8, 4) is 0 Å². The van der Waals surface area contributed by atoms with Gasteiger partial charge >= 0.3 is 0 Å². The van der Waals surface area contributed by atoms with Crippen LogP contribution in [-0.2, 0) is 16.6 Å². The third kappa shape index (κ3) is 3.75. The highest BCUT2D eigenvalue weighted by molar-refractivity contribution is 7.89. The molecule has 1 unspecified atom stereocenters. The summed E-state index contributed by atoms with van der Waals surface area (Å²) in [5.41, 5.74) is 0.959. The zero-order chi connectivity index (χ0) is 14.6. The second kappa shape index (κ2) is 6.45. The Bertz CT molecular complexity index is 497. The molecule has 1 aromatic heterocycles. The predicted molar refractivity (Wildman–Crippen MR) is 76.2 cm³/mol. The van der Waals surface area contributed by atoms with E-state index in [1.165, 1.54) is 4.31 Å². The van der Waals surface area contributed by atoms with Gasteiger partial charge in [0.25, 0.3) is 10.0 Å². The van der Waals surface area contributed by atoms with Crippen LogP contribution in [-0.4, -0.2) is 37.8 Å². The van der Waals surface area contributed by atoms with E-state index >= 15 is 0 Å². The summed E-state index contributed by atoms with van der Waals surface area (Å²) in [6.07, 6.45) is 1.59. The second-order valence-corrected chi connectivity index (χ2v) is 6.99. The van der Waals surface area contributed by atoms with Crippen LogP contribution in [0.1, 0.15) is 26.3 Å². The van der Waals surface area contributed by atoms with E-state index in [9.17, 15) is 8.42 Å². The van der Waals surface area contributed by atoms with E-state index in [2.05, 4.69) is 10.3 Å². The smallest absolute Gasteiger partial charge is 0.260 e. The van der Waals surface area contributed by atoms with Gasteiger partial charge in [-0.1, -0.05) is 19.9 Å². The molecule has 5 nitrogen and oxygen atoms in total. The summed E-state index contributed by atoms with van der Waals surface area (Å²) >= 11 is 0. The monoisotopic (exact) mass is 285 g/mol. The van der Waals surface area contributed by atoms with Gasteiger partial charge < -0.3 is 5.32 Å². The zero-order valence-corrected chi connectivity index (χ0v) is 13.0. The minimum absolute atomic E-state index is 0.0659. The Labute approximate surface area is 116 Å². The van der Waals surface area contributed by atoms with Crippen LogP contribution in [0, 0.1) is 5.92 Å². The molecular weight excluding hydrogens is 262 g/mol. The van der Waals surface area contributed by atoms with Gasteiger partial charge in [0.15, 0.2) is 5.03 Å². The molecule has 0 radical (unpaired) electrons. The summed E-state index contributed by atoms with van der Waals surface area (Å²) in [5.74, 6) is 0.253. The van der Waals surface area contributed by atoms with E-state index < -0.39 is 10.0 Å². The van der Waals surface area contributed by atoms with Crippen molar-refractivity contribution in [3.05, 3.63) is 23.9 Å². The lowest BCUT2D eigenvalue weighted by Gasteiger charge is -2.26. The Morgan fingerprint density at radius 1 is 1.32 bits per heavy atom. The largest absolute Gasteiger partial charge is 0.316 e. The average Bonchev–Trinajstić information content (AvgIpc) is 2.37. The lowest BCUT2D eigenvalue weighted by Crippen LogP contribution is -2.38. The van der Waals surface area contributed by atoms with E-state index in [4.69, 9.17) is 0 Å². The standard InChI is InChI=1S/C13H23N3O2S/c1-10(2)11(3)16(5)19(17,18)13-7-6-12(8-14-4)9-15-13/h6-7,9-11,14H,8H2,1-5H3. The molecule has 6 heteroatoms. The van der Waals surface area contributed by atoms with Crippen molar-refractivity contribution in [2.45, 2.75) is 38.4 Å². The molecule has 0 saturated carbocycles. The Hall–Kier alpha value is -0.980. The van der Waals surface area contributed by atoms with Gasteiger partial charge in [0.05, 0.1) is 0 Å². The molecule has 0 aromatic carbocycles. The molecule has 1 atom stereocenters. The maximum absolute atomic E-state index is 12.4. The fourth-order valence-electron chi connectivity index (χ4n) is 1.66. The quantitative estimate of drug-likeness (QED) is 0.859. The van der Waals surface area contributed by atoms with Crippen LogP contribution in [0.2, 0.25) is 0 Å². The zero-order valence-electron chi connectivity index (χ0n) is 12.2. The van der Waals surface area contributed by atoms with Crippen LogP contribution in [0.25, 0.3) is 0 Å². The molecule has 0 fully saturated rings. The van der Waals surface area contributed by atoms with Crippen molar-refractivity contribution >= 4 is 10.0 Å². The molecule has 0 saturated heterocycles. The molecule has 1 rings (SSSR count). The van der Waals surface area contributed by atoms with E-state index in [1.807, 2.05) is 27.8 Å². The SMILES string of the molecule is CNCc1ccc(S(=O)(=O)N(C)C(C)C(C)C)nc1. The van der Waals surface area contributed by atoms with Crippen LogP contribution < -0.4 is 5.32 Å². The van der Waals surface area contributed by atoms with Gasteiger partial charge in [-0.25, -0.2) is 13.4 Å². The van der Waals surface area contributed by atoms with E-state index in [-0.39, 0.29) is 17.0 Å². The lowest BCUT2D eigenvalue weighted by atomic mass is 10.1. The fraction of sp³-hybridized carbons (Fsp3) is 0.615. The fourth-order valence-corrected chi connectivity index (χ4v) is 3.06. The molecular formula is C13H23N3O2S. The number of pyridine rings is 1. The van der Waals surface area contributed by atoms with Crippen molar-refractivity contribution in [2.75, 3.05) is 14.1 Å². The average molecular weight is 285 g/mol. The molecule has 1 N–H and O–H groups in total. The van der Waals surface area contributed by atoms with Crippen LogP contribution in [0.5, 0.6) is 0 Å². The van der Waals surface area contributed by atoms with Gasteiger partial charge in [-0.3, -0.25) is 0 Å². The minimum atomic E-state index is -3.51. The summed E-state index contributed by atoms with van der Waals surface area (Å²) in [4.78, 5) is 4.06. The van der Waals surface area contributed by atoms with Crippen LogP contribution in [0.15, 0.2) is 23.4 Å². The Morgan fingerprint density at radius 2 is 1.95 bits per heavy atom. The van der Waals surface area contributed by atoms with Gasteiger partial charge in [-0.15, -0.1) is 0 Å². The molecule has 1 aromatic rings. The van der Waals surface area contributed by atoms with Crippen LogP contribution in [0.3, 0.4) is 0 Å². The molecule has 0 amide bonds.